The predicted octanol–water partition coefficient (Wildman–Crippen LogP) is 1.93. The van der Waals surface area contributed by atoms with Gasteiger partial charge in [0.05, 0.1) is 24.3 Å². The van der Waals surface area contributed by atoms with Crippen molar-refractivity contribution in [2.24, 2.45) is 0 Å². The van der Waals surface area contributed by atoms with Gasteiger partial charge in [0.2, 0.25) is 5.91 Å². The molecule has 17 heavy (non-hydrogen) atoms. The molecule has 5 heteroatoms. The lowest BCUT2D eigenvalue weighted by Gasteiger charge is -2.04. The minimum atomic E-state index is -0.311. The molecule has 0 unspecified atom stereocenters. The highest BCUT2D eigenvalue weighted by Crippen LogP contribution is 2.20. The molecule has 0 radical (unpaired) electrons. The fourth-order valence-electron chi connectivity index (χ4n) is 1.46. The maximum absolute atomic E-state index is 11.3. The van der Waals surface area contributed by atoms with Gasteiger partial charge in [-0.15, -0.1) is 0 Å². The molecule has 0 aliphatic rings. The molecule has 1 heterocycles. The first-order valence-corrected chi connectivity index (χ1v) is 5.05. The van der Waals surface area contributed by atoms with Gasteiger partial charge in [0, 0.05) is 11.3 Å². The number of anilines is 1. The zero-order valence-corrected chi connectivity index (χ0v) is 8.97. The molecule has 2 aromatic rings. The number of nitriles is 1. The lowest BCUT2D eigenvalue weighted by molar-refractivity contribution is -0.115. The quantitative estimate of drug-likeness (QED) is 0.838. The van der Waals surface area contributed by atoms with Gasteiger partial charge < -0.3 is 10.3 Å². The molecule has 0 aliphatic heterocycles. The van der Waals surface area contributed by atoms with Crippen molar-refractivity contribution in [2.75, 3.05) is 5.32 Å². The Morgan fingerprint density at radius 3 is 3.12 bits per heavy atom. The first kappa shape index (κ1) is 10.9. The number of nitrogens with zero attached hydrogens (tertiary/aromatic N) is 2. The lowest BCUT2D eigenvalue weighted by atomic mass is 10.1. The fraction of sp³-hybridized carbons (Fsp3) is 0.0833. The second-order valence-corrected chi connectivity index (χ2v) is 3.43. The highest BCUT2D eigenvalue weighted by Gasteiger charge is 2.03. The number of amides is 1. The number of hydrogen-bond acceptors (Lipinski definition) is 3. The Bertz CT molecular complexity index is 554. The lowest BCUT2D eigenvalue weighted by Crippen LogP contribution is -2.09. The van der Waals surface area contributed by atoms with E-state index in [0.29, 0.717) is 5.69 Å². The van der Waals surface area contributed by atoms with E-state index in [1.54, 1.807) is 24.7 Å². The summed E-state index contributed by atoms with van der Waals surface area (Å²) >= 11 is 0. The van der Waals surface area contributed by atoms with Crippen LogP contribution in [0.2, 0.25) is 0 Å². The van der Waals surface area contributed by atoms with Crippen LogP contribution in [0.5, 0.6) is 0 Å². The molecule has 1 aromatic carbocycles. The number of rotatable bonds is 3. The summed E-state index contributed by atoms with van der Waals surface area (Å²) < 4.78 is 0. The van der Waals surface area contributed by atoms with Crippen molar-refractivity contribution in [3.63, 3.8) is 0 Å². The van der Waals surface area contributed by atoms with E-state index in [2.05, 4.69) is 15.3 Å². The van der Waals surface area contributed by atoms with Crippen molar-refractivity contribution in [3.05, 3.63) is 36.8 Å². The summed E-state index contributed by atoms with van der Waals surface area (Å²) in [7, 11) is 0. The summed E-state index contributed by atoms with van der Waals surface area (Å²) in [5.74, 6) is -0.311. The number of aromatic nitrogens is 2. The number of nitrogens with one attached hydrogen (secondary N) is 2. The third-order valence-electron chi connectivity index (χ3n) is 2.20. The third kappa shape index (κ3) is 2.69. The van der Waals surface area contributed by atoms with Gasteiger partial charge in [-0.3, -0.25) is 4.79 Å². The van der Waals surface area contributed by atoms with Crippen molar-refractivity contribution < 1.29 is 4.79 Å². The van der Waals surface area contributed by atoms with Gasteiger partial charge >= 0.3 is 0 Å². The van der Waals surface area contributed by atoms with Crippen LogP contribution in [0.15, 0.2) is 36.8 Å². The average molecular weight is 226 g/mol. The van der Waals surface area contributed by atoms with E-state index in [0.717, 1.165) is 11.3 Å². The van der Waals surface area contributed by atoms with Crippen molar-refractivity contribution >= 4 is 11.6 Å². The average Bonchev–Trinajstić information content (AvgIpc) is 2.83. The predicted molar refractivity (Wildman–Crippen MR) is 62.9 cm³/mol. The summed E-state index contributed by atoms with van der Waals surface area (Å²) in [6, 6.07) is 9.14. The van der Waals surface area contributed by atoms with Crippen LogP contribution >= 0.6 is 0 Å². The van der Waals surface area contributed by atoms with Crippen LogP contribution in [0.4, 0.5) is 5.69 Å². The molecule has 0 fully saturated rings. The van der Waals surface area contributed by atoms with Crippen LogP contribution < -0.4 is 5.32 Å². The maximum atomic E-state index is 11.3. The first-order chi connectivity index (χ1) is 8.29. The number of imidazole rings is 1. The number of H-pyrrole nitrogens is 1. The molecule has 2 N–H and O–H groups in total. The highest BCUT2D eigenvalue weighted by molar-refractivity contribution is 5.92. The molecular formula is C12H10N4O. The van der Waals surface area contributed by atoms with Gasteiger partial charge in [-0.25, -0.2) is 4.98 Å². The monoisotopic (exact) mass is 226 g/mol. The molecule has 0 atom stereocenters. The number of carbonyl (C=O) groups is 1. The fourth-order valence-corrected chi connectivity index (χ4v) is 1.46. The molecule has 0 saturated carbocycles. The Morgan fingerprint density at radius 2 is 2.41 bits per heavy atom. The number of aromatic amines is 1. The van der Waals surface area contributed by atoms with Crippen LogP contribution in [0.3, 0.4) is 0 Å². The highest BCUT2D eigenvalue weighted by atomic mass is 16.1. The molecule has 2 rings (SSSR count). The van der Waals surface area contributed by atoms with Crippen molar-refractivity contribution in [2.45, 2.75) is 6.42 Å². The molecular weight excluding hydrogens is 216 g/mol. The van der Waals surface area contributed by atoms with Gasteiger partial charge in [0.25, 0.3) is 0 Å². The van der Waals surface area contributed by atoms with Crippen LogP contribution in [-0.2, 0) is 4.79 Å². The molecule has 0 spiro atoms. The van der Waals surface area contributed by atoms with Gasteiger partial charge in [-0.05, 0) is 12.1 Å². The largest absolute Gasteiger partial charge is 0.345 e. The van der Waals surface area contributed by atoms with E-state index in [1.165, 1.54) is 0 Å². The van der Waals surface area contributed by atoms with E-state index < -0.39 is 0 Å². The van der Waals surface area contributed by atoms with Gasteiger partial charge in [-0.1, -0.05) is 12.1 Å². The molecule has 1 amide bonds. The van der Waals surface area contributed by atoms with Crippen LogP contribution in [-0.4, -0.2) is 15.9 Å². The molecule has 0 saturated heterocycles. The topological polar surface area (TPSA) is 81.6 Å². The summed E-state index contributed by atoms with van der Waals surface area (Å²) in [5.41, 5.74) is 2.47. The number of carbonyl (C=O) groups excluding carboxylic acids is 1. The molecule has 84 valence electrons. The Hall–Kier alpha value is -2.61. The molecule has 1 aromatic heterocycles. The molecule has 5 nitrogen and oxygen atoms in total. The van der Waals surface area contributed by atoms with E-state index in [4.69, 9.17) is 5.26 Å². The third-order valence-corrected chi connectivity index (χ3v) is 2.20. The Kier molecular flexibility index (Phi) is 3.17. The Labute approximate surface area is 98.1 Å². The van der Waals surface area contributed by atoms with E-state index in [9.17, 15) is 4.79 Å². The minimum Gasteiger partial charge on any atom is -0.345 e. The normalized spacial score (nSPS) is 9.59. The zero-order chi connectivity index (χ0) is 12.1. The second-order valence-electron chi connectivity index (χ2n) is 3.43. The summed E-state index contributed by atoms with van der Waals surface area (Å²) in [6.07, 6.45) is 3.15. The van der Waals surface area contributed by atoms with Gasteiger partial charge in [-0.2, -0.15) is 5.26 Å². The van der Waals surface area contributed by atoms with Crippen molar-refractivity contribution in [1.29, 1.82) is 5.26 Å². The molecule has 0 aliphatic carbocycles. The maximum Gasteiger partial charge on any atom is 0.238 e. The first-order valence-electron chi connectivity index (χ1n) is 5.05. The standard InChI is InChI=1S/C12H10N4O/c13-5-4-12(17)16-10-3-1-2-9(6-10)11-7-14-8-15-11/h1-3,6-8H,4H2,(H,14,15)(H,16,17). The number of hydrogen-bond donors (Lipinski definition) is 2. The van der Waals surface area contributed by atoms with Crippen LogP contribution in [0.1, 0.15) is 6.42 Å². The summed E-state index contributed by atoms with van der Waals surface area (Å²) in [4.78, 5) is 18.2. The second kappa shape index (κ2) is 4.94. The minimum absolute atomic E-state index is 0.145. The van der Waals surface area contributed by atoms with Crippen LogP contribution in [0.25, 0.3) is 11.3 Å². The van der Waals surface area contributed by atoms with Crippen molar-refractivity contribution in [3.8, 4) is 17.3 Å². The Morgan fingerprint density at radius 1 is 1.53 bits per heavy atom. The zero-order valence-electron chi connectivity index (χ0n) is 8.97. The van der Waals surface area contributed by atoms with E-state index >= 15 is 0 Å². The SMILES string of the molecule is N#CCC(=O)Nc1cccc(-c2cnc[nH]2)c1. The smallest absolute Gasteiger partial charge is 0.238 e. The van der Waals surface area contributed by atoms with Gasteiger partial charge in [0.1, 0.15) is 6.42 Å². The van der Waals surface area contributed by atoms with E-state index in [1.807, 2.05) is 18.2 Å². The summed E-state index contributed by atoms with van der Waals surface area (Å²) in [6.45, 7) is 0. The Balaban J connectivity index is 2.18. The number of benzene rings is 1. The van der Waals surface area contributed by atoms with Gasteiger partial charge in [0.15, 0.2) is 0 Å². The summed E-state index contributed by atoms with van der Waals surface area (Å²) in [5, 5.41) is 11.0. The van der Waals surface area contributed by atoms with Crippen LogP contribution in [0, 0.1) is 11.3 Å². The molecule has 0 bridgehead atoms. The van der Waals surface area contributed by atoms with E-state index in [-0.39, 0.29) is 12.3 Å². The van der Waals surface area contributed by atoms with Crippen molar-refractivity contribution in [1.82, 2.24) is 9.97 Å².